The molecule has 2 atom stereocenters. The van der Waals surface area contributed by atoms with Crippen LogP contribution in [0.5, 0.6) is 0 Å². The summed E-state index contributed by atoms with van der Waals surface area (Å²) in [4.78, 5) is 30.3. The number of rotatable bonds is 6. The maximum atomic E-state index is 13.5. The van der Waals surface area contributed by atoms with Gasteiger partial charge in [-0.1, -0.05) is 60.9 Å². The molecule has 2 fully saturated rings. The third-order valence-electron chi connectivity index (χ3n) is 7.07. The highest BCUT2D eigenvalue weighted by atomic mass is 16.2. The van der Waals surface area contributed by atoms with Gasteiger partial charge in [0.05, 0.1) is 12.1 Å². The molecule has 2 unspecified atom stereocenters. The predicted octanol–water partition coefficient (Wildman–Crippen LogP) is 4.58. The van der Waals surface area contributed by atoms with Crippen molar-refractivity contribution in [2.45, 2.75) is 51.6 Å². The SMILES string of the molecule is Cc1ccc(NC(=O)N2CCN(C(C(=O)NC(C)c3ccccc3)C3CCCC3)CC2)cc1. The van der Waals surface area contributed by atoms with Gasteiger partial charge in [-0.3, -0.25) is 9.69 Å². The van der Waals surface area contributed by atoms with E-state index in [0.29, 0.717) is 19.0 Å². The van der Waals surface area contributed by atoms with Crippen molar-refractivity contribution in [3.05, 3.63) is 65.7 Å². The molecule has 6 nitrogen and oxygen atoms in total. The van der Waals surface area contributed by atoms with Gasteiger partial charge >= 0.3 is 6.03 Å². The average Bonchev–Trinajstić information content (AvgIpc) is 3.36. The van der Waals surface area contributed by atoms with Crippen LogP contribution >= 0.6 is 0 Å². The van der Waals surface area contributed by atoms with Crippen LogP contribution in [0.1, 0.15) is 49.8 Å². The highest BCUT2D eigenvalue weighted by Crippen LogP contribution is 2.31. The van der Waals surface area contributed by atoms with Crippen molar-refractivity contribution >= 4 is 17.6 Å². The first-order valence-electron chi connectivity index (χ1n) is 12.2. The third-order valence-corrected chi connectivity index (χ3v) is 7.07. The van der Waals surface area contributed by atoms with Crippen LogP contribution in [0.15, 0.2) is 54.6 Å². The van der Waals surface area contributed by atoms with Crippen molar-refractivity contribution in [3.63, 3.8) is 0 Å². The van der Waals surface area contributed by atoms with E-state index in [1.807, 2.05) is 61.2 Å². The second-order valence-electron chi connectivity index (χ2n) is 9.45. The van der Waals surface area contributed by atoms with Gasteiger partial charge < -0.3 is 15.5 Å². The van der Waals surface area contributed by atoms with Crippen LogP contribution in [-0.2, 0) is 4.79 Å². The number of piperazine rings is 1. The molecule has 33 heavy (non-hydrogen) atoms. The number of hydrogen-bond acceptors (Lipinski definition) is 3. The number of hydrogen-bond donors (Lipinski definition) is 2. The van der Waals surface area contributed by atoms with Crippen molar-refractivity contribution in [1.29, 1.82) is 0 Å². The van der Waals surface area contributed by atoms with Gasteiger partial charge in [-0.2, -0.15) is 0 Å². The van der Waals surface area contributed by atoms with Gasteiger partial charge in [0.2, 0.25) is 5.91 Å². The number of nitrogens with zero attached hydrogens (tertiary/aromatic N) is 2. The van der Waals surface area contributed by atoms with E-state index in [9.17, 15) is 9.59 Å². The predicted molar refractivity (Wildman–Crippen MR) is 132 cm³/mol. The highest BCUT2D eigenvalue weighted by Gasteiger charge is 2.37. The summed E-state index contributed by atoms with van der Waals surface area (Å²) in [5, 5.41) is 6.26. The molecule has 0 aromatic heterocycles. The molecule has 0 bridgehead atoms. The van der Waals surface area contributed by atoms with Gasteiger partial charge in [0.25, 0.3) is 0 Å². The Kier molecular flexibility index (Phi) is 7.65. The minimum Gasteiger partial charge on any atom is -0.348 e. The van der Waals surface area contributed by atoms with Gasteiger partial charge in [0.15, 0.2) is 0 Å². The topological polar surface area (TPSA) is 64.7 Å². The fraction of sp³-hybridized carbons (Fsp3) is 0.481. The molecule has 2 aromatic carbocycles. The summed E-state index contributed by atoms with van der Waals surface area (Å²) < 4.78 is 0. The Morgan fingerprint density at radius 2 is 1.55 bits per heavy atom. The largest absolute Gasteiger partial charge is 0.348 e. The smallest absolute Gasteiger partial charge is 0.321 e. The molecule has 2 aromatic rings. The molecule has 6 heteroatoms. The number of amides is 3. The zero-order valence-corrected chi connectivity index (χ0v) is 19.8. The number of nitrogens with one attached hydrogen (secondary N) is 2. The van der Waals surface area contributed by atoms with E-state index in [0.717, 1.165) is 37.2 Å². The van der Waals surface area contributed by atoms with Gasteiger partial charge in [-0.05, 0) is 50.3 Å². The van der Waals surface area contributed by atoms with Crippen molar-refractivity contribution in [1.82, 2.24) is 15.1 Å². The van der Waals surface area contributed by atoms with Crippen molar-refractivity contribution in [3.8, 4) is 0 Å². The number of anilines is 1. The second-order valence-corrected chi connectivity index (χ2v) is 9.45. The molecule has 1 aliphatic heterocycles. The Labute approximate surface area is 197 Å². The van der Waals surface area contributed by atoms with E-state index in [4.69, 9.17) is 0 Å². The summed E-state index contributed by atoms with van der Waals surface area (Å²) in [5.41, 5.74) is 3.10. The lowest BCUT2D eigenvalue weighted by Gasteiger charge is -2.41. The Balaban J connectivity index is 1.36. The van der Waals surface area contributed by atoms with Crippen LogP contribution in [0.3, 0.4) is 0 Å². The fourth-order valence-corrected chi connectivity index (χ4v) is 5.12. The molecule has 4 rings (SSSR count). The Morgan fingerprint density at radius 1 is 0.909 bits per heavy atom. The molecule has 1 aliphatic carbocycles. The zero-order chi connectivity index (χ0) is 23.2. The number of aryl methyl sites for hydroxylation is 1. The summed E-state index contributed by atoms with van der Waals surface area (Å²) in [7, 11) is 0. The van der Waals surface area contributed by atoms with E-state index in [-0.39, 0.29) is 24.0 Å². The first-order valence-corrected chi connectivity index (χ1v) is 12.2. The molecule has 2 aliphatic rings. The Hall–Kier alpha value is -2.86. The maximum Gasteiger partial charge on any atom is 0.321 e. The van der Waals surface area contributed by atoms with E-state index in [1.54, 1.807) is 0 Å². The van der Waals surface area contributed by atoms with Crippen molar-refractivity contribution < 1.29 is 9.59 Å². The van der Waals surface area contributed by atoms with Gasteiger partial charge in [-0.15, -0.1) is 0 Å². The number of benzene rings is 2. The van der Waals surface area contributed by atoms with Crippen LogP contribution in [-0.4, -0.2) is 54.0 Å². The molecule has 3 amide bonds. The molecule has 176 valence electrons. The Morgan fingerprint density at radius 3 is 2.18 bits per heavy atom. The molecule has 1 heterocycles. The first kappa shape index (κ1) is 23.3. The van der Waals surface area contributed by atoms with Gasteiger partial charge in [0.1, 0.15) is 0 Å². The lowest BCUT2D eigenvalue weighted by Crippen LogP contribution is -2.58. The quantitative estimate of drug-likeness (QED) is 0.680. The number of carbonyl (C=O) groups excluding carboxylic acids is 2. The molecule has 1 saturated heterocycles. The molecule has 0 spiro atoms. The van der Waals surface area contributed by atoms with E-state index < -0.39 is 0 Å². The van der Waals surface area contributed by atoms with E-state index in [2.05, 4.69) is 27.7 Å². The van der Waals surface area contributed by atoms with E-state index in [1.165, 1.54) is 18.4 Å². The summed E-state index contributed by atoms with van der Waals surface area (Å²) in [6, 6.07) is 17.7. The van der Waals surface area contributed by atoms with Crippen LogP contribution in [0, 0.1) is 12.8 Å². The minimum atomic E-state index is -0.124. The molecular formula is C27H36N4O2. The monoisotopic (exact) mass is 448 g/mol. The third kappa shape index (κ3) is 5.93. The van der Waals surface area contributed by atoms with Crippen LogP contribution in [0.4, 0.5) is 10.5 Å². The molecular weight excluding hydrogens is 412 g/mol. The normalized spacial score (nSPS) is 19.2. The first-order chi connectivity index (χ1) is 16.0. The van der Waals surface area contributed by atoms with Gasteiger partial charge in [-0.25, -0.2) is 4.79 Å². The minimum absolute atomic E-state index is 0.0239. The number of urea groups is 1. The van der Waals surface area contributed by atoms with Crippen LogP contribution in [0.25, 0.3) is 0 Å². The maximum absolute atomic E-state index is 13.5. The zero-order valence-electron chi connectivity index (χ0n) is 19.8. The summed E-state index contributed by atoms with van der Waals surface area (Å²) in [5.74, 6) is 0.511. The molecule has 1 saturated carbocycles. The summed E-state index contributed by atoms with van der Waals surface area (Å²) >= 11 is 0. The van der Waals surface area contributed by atoms with Gasteiger partial charge in [0, 0.05) is 31.9 Å². The van der Waals surface area contributed by atoms with Crippen LogP contribution in [0.2, 0.25) is 0 Å². The Bertz CT molecular complexity index is 917. The lowest BCUT2D eigenvalue weighted by atomic mass is 9.94. The summed E-state index contributed by atoms with van der Waals surface area (Å²) in [6.07, 6.45) is 4.60. The van der Waals surface area contributed by atoms with E-state index >= 15 is 0 Å². The highest BCUT2D eigenvalue weighted by molar-refractivity contribution is 5.89. The number of carbonyl (C=O) groups is 2. The van der Waals surface area contributed by atoms with Crippen molar-refractivity contribution in [2.75, 3.05) is 31.5 Å². The molecule has 2 N–H and O–H groups in total. The lowest BCUT2D eigenvalue weighted by molar-refractivity contribution is -0.129. The summed E-state index contributed by atoms with van der Waals surface area (Å²) in [6.45, 7) is 6.77. The fourth-order valence-electron chi connectivity index (χ4n) is 5.12. The average molecular weight is 449 g/mol. The van der Waals surface area contributed by atoms with Crippen molar-refractivity contribution in [2.24, 2.45) is 5.92 Å². The second kappa shape index (κ2) is 10.8. The standard InChI is InChI=1S/C27H36N4O2/c1-20-12-14-24(15-13-20)29-27(33)31-18-16-30(17-19-31)25(23-10-6-7-11-23)26(32)28-21(2)22-8-4-3-5-9-22/h3-5,8-9,12-15,21,23,25H,6-7,10-11,16-19H2,1-2H3,(H,28,32)(H,29,33). The molecule has 0 radical (unpaired) electrons. The van der Waals surface area contributed by atoms with Crippen LogP contribution < -0.4 is 10.6 Å².